The number of aromatic nitrogens is 2. The molecule has 4 nitrogen and oxygen atoms in total. The number of hydrogen-bond acceptors (Lipinski definition) is 4. The van der Waals surface area contributed by atoms with E-state index >= 15 is 0 Å². The van der Waals surface area contributed by atoms with Crippen molar-refractivity contribution in [3.05, 3.63) is 10.6 Å². The molecule has 2 rings (SSSR count). The fraction of sp³-hybridized carbons (Fsp3) is 0.750. The van der Waals surface area contributed by atoms with Crippen LogP contribution in [0.1, 0.15) is 48.0 Å². The minimum Gasteiger partial charge on any atom is -0.335 e. The molecule has 1 aromatic rings. The molecule has 0 unspecified atom stereocenters. The lowest BCUT2D eigenvalue weighted by molar-refractivity contribution is 0.0585. The molecule has 0 aliphatic heterocycles. The van der Waals surface area contributed by atoms with E-state index in [1.807, 2.05) is 11.8 Å². The van der Waals surface area contributed by atoms with Crippen LogP contribution in [0.4, 0.5) is 0 Å². The Bertz CT molecular complexity index is 406. The molecule has 1 amide bonds. The molecule has 1 aliphatic carbocycles. The van der Waals surface area contributed by atoms with Gasteiger partial charge >= 0.3 is 0 Å². The van der Waals surface area contributed by atoms with Gasteiger partial charge in [0.1, 0.15) is 4.88 Å². The molecule has 1 saturated carbocycles. The number of halogens is 1. The standard InChI is InChI=1S/C12H18BrN3OS/c1-2-10-11(18-15-14-10)12(17)16(8-4-7-13)9-5-3-6-9/h9H,2-8H2,1H3. The summed E-state index contributed by atoms with van der Waals surface area (Å²) < 4.78 is 3.91. The van der Waals surface area contributed by atoms with Crippen LogP contribution in [0.25, 0.3) is 0 Å². The number of carbonyl (C=O) groups excluding carboxylic acids is 1. The molecule has 0 radical (unpaired) electrons. The monoisotopic (exact) mass is 331 g/mol. The van der Waals surface area contributed by atoms with E-state index in [0.29, 0.717) is 6.04 Å². The van der Waals surface area contributed by atoms with Gasteiger partial charge in [0.2, 0.25) is 0 Å². The van der Waals surface area contributed by atoms with Gasteiger partial charge in [-0.1, -0.05) is 27.3 Å². The van der Waals surface area contributed by atoms with Crippen LogP contribution >= 0.6 is 27.5 Å². The third-order valence-corrected chi connectivity index (χ3v) is 4.71. The third kappa shape index (κ3) is 2.91. The van der Waals surface area contributed by atoms with Crippen LogP contribution in [0.2, 0.25) is 0 Å². The average molecular weight is 332 g/mol. The summed E-state index contributed by atoms with van der Waals surface area (Å²) in [5.41, 5.74) is 0.841. The summed E-state index contributed by atoms with van der Waals surface area (Å²) in [4.78, 5) is 15.3. The molecule has 0 spiro atoms. The maximum Gasteiger partial charge on any atom is 0.267 e. The highest BCUT2D eigenvalue weighted by molar-refractivity contribution is 9.09. The maximum absolute atomic E-state index is 12.6. The van der Waals surface area contributed by atoms with Crippen LogP contribution in [-0.2, 0) is 6.42 Å². The van der Waals surface area contributed by atoms with Gasteiger partial charge in [-0.3, -0.25) is 4.79 Å². The van der Waals surface area contributed by atoms with Crippen molar-refractivity contribution < 1.29 is 4.79 Å². The molecular formula is C12H18BrN3OS. The largest absolute Gasteiger partial charge is 0.335 e. The molecule has 0 saturated heterocycles. The second-order valence-electron chi connectivity index (χ2n) is 4.53. The van der Waals surface area contributed by atoms with Crippen molar-refractivity contribution in [1.82, 2.24) is 14.5 Å². The molecule has 0 bridgehead atoms. The fourth-order valence-electron chi connectivity index (χ4n) is 2.11. The molecule has 0 atom stereocenters. The first-order valence-corrected chi connectivity index (χ1v) is 8.35. The zero-order valence-corrected chi connectivity index (χ0v) is 13.0. The van der Waals surface area contributed by atoms with Crippen molar-refractivity contribution in [2.45, 2.75) is 45.1 Å². The van der Waals surface area contributed by atoms with Crippen LogP contribution in [-0.4, -0.2) is 38.3 Å². The summed E-state index contributed by atoms with van der Waals surface area (Å²) >= 11 is 4.66. The highest BCUT2D eigenvalue weighted by Gasteiger charge is 2.31. The zero-order chi connectivity index (χ0) is 13.0. The lowest BCUT2D eigenvalue weighted by Gasteiger charge is -2.37. The molecule has 6 heteroatoms. The number of rotatable bonds is 6. The van der Waals surface area contributed by atoms with E-state index in [4.69, 9.17) is 0 Å². The van der Waals surface area contributed by atoms with Gasteiger partial charge in [0.05, 0.1) is 5.69 Å². The zero-order valence-electron chi connectivity index (χ0n) is 10.6. The minimum atomic E-state index is 0.132. The van der Waals surface area contributed by atoms with E-state index in [1.165, 1.54) is 18.0 Å². The van der Waals surface area contributed by atoms with Gasteiger partial charge in [0, 0.05) is 17.9 Å². The van der Waals surface area contributed by atoms with Gasteiger partial charge < -0.3 is 4.90 Å². The normalized spacial score (nSPS) is 15.4. The summed E-state index contributed by atoms with van der Waals surface area (Å²) in [5, 5.41) is 4.97. The van der Waals surface area contributed by atoms with E-state index in [9.17, 15) is 4.79 Å². The maximum atomic E-state index is 12.6. The van der Waals surface area contributed by atoms with Gasteiger partial charge in [0.25, 0.3) is 5.91 Å². The van der Waals surface area contributed by atoms with Crippen LogP contribution < -0.4 is 0 Å². The van der Waals surface area contributed by atoms with Gasteiger partial charge in [0.15, 0.2) is 0 Å². The minimum absolute atomic E-state index is 0.132. The summed E-state index contributed by atoms with van der Waals surface area (Å²) in [7, 11) is 0. The predicted molar refractivity (Wildman–Crippen MR) is 76.4 cm³/mol. The van der Waals surface area contributed by atoms with Crippen LogP contribution in [0.15, 0.2) is 0 Å². The molecule has 18 heavy (non-hydrogen) atoms. The van der Waals surface area contributed by atoms with Crippen LogP contribution in [0, 0.1) is 0 Å². The Kier molecular flexibility index (Phi) is 5.12. The Hall–Kier alpha value is -0.490. The lowest BCUT2D eigenvalue weighted by Crippen LogP contribution is -2.44. The highest BCUT2D eigenvalue weighted by atomic mass is 79.9. The number of hydrogen-bond donors (Lipinski definition) is 0. The van der Waals surface area contributed by atoms with E-state index < -0.39 is 0 Å². The van der Waals surface area contributed by atoms with Gasteiger partial charge in [-0.2, -0.15) is 0 Å². The number of carbonyl (C=O) groups is 1. The van der Waals surface area contributed by atoms with Crippen LogP contribution in [0.3, 0.4) is 0 Å². The van der Waals surface area contributed by atoms with Gasteiger partial charge in [-0.15, -0.1) is 5.10 Å². The van der Waals surface area contributed by atoms with Crippen molar-refractivity contribution in [1.29, 1.82) is 0 Å². The second-order valence-corrected chi connectivity index (χ2v) is 6.08. The van der Waals surface area contributed by atoms with Crippen molar-refractivity contribution in [2.24, 2.45) is 0 Å². The van der Waals surface area contributed by atoms with E-state index in [0.717, 1.165) is 48.1 Å². The van der Waals surface area contributed by atoms with Crippen molar-refractivity contribution >= 4 is 33.4 Å². The average Bonchev–Trinajstić information content (AvgIpc) is 2.79. The van der Waals surface area contributed by atoms with Crippen molar-refractivity contribution in [3.63, 3.8) is 0 Å². The number of nitrogens with zero attached hydrogens (tertiary/aromatic N) is 3. The molecule has 1 aliphatic rings. The SMILES string of the molecule is CCc1nnsc1C(=O)N(CCCBr)C1CCC1. The summed E-state index contributed by atoms with van der Waals surface area (Å²) in [5.74, 6) is 0.132. The summed E-state index contributed by atoms with van der Waals surface area (Å²) in [6, 6.07) is 0.434. The Labute approximate surface area is 120 Å². The number of alkyl halides is 1. The molecule has 1 aromatic heterocycles. The lowest BCUT2D eigenvalue weighted by atomic mass is 9.91. The third-order valence-electron chi connectivity index (χ3n) is 3.39. The Balaban J connectivity index is 2.11. The topological polar surface area (TPSA) is 46.1 Å². The molecule has 0 N–H and O–H groups in total. The van der Waals surface area contributed by atoms with Gasteiger partial charge in [-0.05, 0) is 43.6 Å². The summed E-state index contributed by atoms with van der Waals surface area (Å²) in [6.07, 6.45) is 5.29. The van der Waals surface area contributed by atoms with Crippen LogP contribution in [0.5, 0.6) is 0 Å². The number of aryl methyl sites for hydroxylation is 1. The van der Waals surface area contributed by atoms with E-state index in [1.54, 1.807) is 0 Å². The molecule has 1 fully saturated rings. The Morgan fingerprint density at radius 1 is 1.56 bits per heavy atom. The molecule has 1 heterocycles. The molecular weight excluding hydrogens is 314 g/mol. The fourth-order valence-corrected chi connectivity index (χ4v) is 3.07. The Morgan fingerprint density at radius 2 is 2.33 bits per heavy atom. The predicted octanol–water partition coefficient (Wildman–Crippen LogP) is 2.88. The number of amides is 1. The van der Waals surface area contributed by atoms with Crippen molar-refractivity contribution in [2.75, 3.05) is 11.9 Å². The van der Waals surface area contributed by atoms with Gasteiger partial charge in [-0.25, -0.2) is 0 Å². The van der Waals surface area contributed by atoms with E-state index in [-0.39, 0.29) is 5.91 Å². The van der Waals surface area contributed by atoms with Crippen molar-refractivity contribution in [3.8, 4) is 0 Å². The first kappa shape index (κ1) is 13.9. The first-order chi connectivity index (χ1) is 8.77. The summed E-state index contributed by atoms with van der Waals surface area (Å²) in [6.45, 7) is 2.84. The Morgan fingerprint density at radius 3 is 2.89 bits per heavy atom. The second kappa shape index (κ2) is 6.61. The molecule has 100 valence electrons. The smallest absolute Gasteiger partial charge is 0.267 e. The van der Waals surface area contributed by atoms with E-state index in [2.05, 4.69) is 25.5 Å². The quantitative estimate of drug-likeness (QED) is 0.753. The molecule has 0 aromatic carbocycles. The first-order valence-electron chi connectivity index (χ1n) is 6.46. The highest BCUT2D eigenvalue weighted by Crippen LogP contribution is 2.27.